The predicted octanol–water partition coefficient (Wildman–Crippen LogP) is 5.00. The standard InChI is InChI=1S/C17H28F2N2/c1-2-3-4-5-6-7-8-9-13-16(21-20)14-11-10-12-15(18)17(14)19/h10-12,16,21H,2-9,13,20H2,1H3. The van der Waals surface area contributed by atoms with Crippen molar-refractivity contribution in [2.24, 2.45) is 5.84 Å². The molecule has 3 N–H and O–H groups in total. The summed E-state index contributed by atoms with van der Waals surface area (Å²) in [5, 5.41) is 0. The minimum Gasteiger partial charge on any atom is -0.271 e. The first-order chi connectivity index (χ1) is 10.2. The van der Waals surface area contributed by atoms with Crippen LogP contribution in [0.2, 0.25) is 0 Å². The fraction of sp³-hybridized carbons (Fsp3) is 0.647. The predicted molar refractivity (Wildman–Crippen MR) is 83.6 cm³/mol. The summed E-state index contributed by atoms with van der Waals surface area (Å²) >= 11 is 0. The molecule has 0 saturated carbocycles. The lowest BCUT2D eigenvalue weighted by atomic mass is 9.99. The fourth-order valence-electron chi connectivity index (χ4n) is 2.60. The number of unbranched alkanes of at least 4 members (excludes halogenated alkanes) is 7. The molecule has 0 amide bonds. The van der Waals surface area contributed by atoms with E-state index in [4.69, 9.17) is 5.84 Å². The zero-order chi connectivity index (χ0) is 15.5. The van der Waals surface area contributed by atoms with Crippen LogP contribution >= 0.6 is 0 Å². The molecule has 120 valence electrons. The van der Waals surface area contributed by atoms with E-state index in [0.717, 1.165) is 25.3 Å². The van der Waals surface area contributed by atoms with E-state index in [1.807, 2.05) is 0 Å². The molecule has 0 spiro atoms. The molecule has 0 bridgehead atoms. The zero-order valence-corrected chi connectivity index (χ0v) is 13.0. The minimum absolute atomic E-state index is 0.319. The number of nitrogens with two attached hydrogens (primary N) is 1. The Morgan fingerprint density at radius 2 is 1.62 bits per heavy atom. The van der Waals surface area contributed by atoms with Gasteiger partial charge >= 0.3 is 0 Å². The molecule has 1 aromatic carbocycles. The Hall–Kier alpha value is -1.00. The molecule has 0 aliphatic heterocycles. The molecule has 0 aliphatic carbocycles. The van der Waals surface area contributed by atoms with Gasteiger partial charge in [0.15, 0.2) is 11.6 Å². The Morgan fingerprint density at radius 1 is 1.00 bits per heavy atom. The molecule has 1 atom stereocenters. The van der Waals surface area contributed by atoms with Crippen molar-refractivity contribution >= 4 is 0 Å². The number of halogens is 2. The van der Waals surface area contributed by atoms with Crippen molar-refractivity contribution in [3.8, 4) is 0 Å². The number of hydrazine groups is 1. The monoisotopic (exact) mass is 298 g/mol. The van der Waals surface area contributed by atoms with Crippen LogP contribution in [0.1, 0.15) is 76.3 Å². The Kier molecular flexibility index (Phi) is 9.19. The van der Waals surface area contributed by atoms with E-state index in [1.54, 1.807) is 6.07 Å². The van der Waals surface area contributed by atoms with Gasteiger partial charge in [0.25, 0.3) is 0 Å². The molecule has 0 aliphatic rings. The lowest BCUT2D eigenvalue weighted by Gasteiger charge is -2.17. The third-order valence-corrected chi connectivity index (χ3v) is 3.90. The topological polar surface area (TPSA) is 38.0 Å². The van der Waals surface area contributed by atoms with Crippen LogP contribution in [0.15, 0.2) is 18.2 Å². The Morgan fingerprint density at radius 3 is 2.24 bits per heavy atom. The van der Waals surface area contributed by atoms with Crippen molar-refractivity contribution in [3.05, 3.63) is 35.4 Å². The van der Waals surface area contributed by atoms with E-state index in [0.29, 0.717) is 5.56 Å². The summed E-state index contributed by atoms with van der Waals surface area (Å²) < 4.78 is 26.9. The highest BCUT2D eigenvalue weighted by atomic mass is 19.2. The smallest absolute Gasteiger partial charge is 0.163 e. The molecule has 1 unspecified atom stereocenters. The third kappa shape index (κ3) is 6.53. The van der Waals surface area contributed by atoms with Gasteiger partial charge in [0.1, 0.15) is 0 Å². The van der Waals surface area contributed by atoms with Crippen LogP contribution in [0.25, 0.3) is 0 Å². The molecule has 4 heteroatoms. The van der Waals surface area contributed by atoms with Crippen molar-refractivity contribution in [3.63, 3.8) is 0 Å². The van der Waals surface area contributed by atoms with Crippen LogP contribution in [0, 0.1) is 11.6 Å². The number of rotatable bonds is 11. The molecule has 0 heterocycles. The molecule has 2 nitrogen and oxygen atoms in total. The lowest BCUT2D eigenvalue weighted by molar-refractivity contribution is 0.436. The van der Waals surface area contributed by atoms with Crippen molar-refractivity contribution in [2.45, 2.75) is 70.8 Å². The Balaban J connectivity index is 2.27. The first kappa shape index (κ1) is 18.1. The second-order valence-corrected chi connectivity index (χ2v) is 5.63. The van der Waals surface area contributed by atoms with Gasteiger partial charge in [-0.25, -0.2) is 8.78 Å². The van der Waals surface area contributed by atoms with E-state index < -0.39 is 11.6 Å². The van der Waals surface area contributed by atoms with Crippen LogP contribution in [0.4, 0.5) is 8.78 Å². The summed E-state index contributed by atoms with van der Waals surface area (Å²) in [5.41, 5.74) is 2.92. The summed E-state index contributed by atoms with van der Waals surface area (Å²) in [4.78, 5) is 0. The number of benzene rings is 1. The maximum Gasteiger partial charge on any atom is 0.163 e. The van der Waals surface area contributed by atoms with E-state index in [1.165, 1.54) is 44.6 Å². The molecule has 0 fully saturated rings. The maximum absolute atomic E-state index is 13.7. The molecule has 0 aromatic heterocycles. The van der Waals surface area contributed by atoms with Gasteiger partial charge in [-0.2, -0.15) is 0 Å². The van der Waals surface area contributed by atoms with Crippen molar-refractivity contribution < 1.29 is 8.78 Å². The molecule has 0 saturated heterocycles. The van der Waals surface area contributed by atoms with Gasteiger partial charge < -0.3 is 0 Å². The van der Waals surface area contributed by atoms with Gasteiger partial charge in [0.05, 0.1) is 0 Å². The number of hydrogen-bond donors (Lipinski definition) is 2. The van der Waals surface area contributed by atoms with Gasteiger partial charge in [0.2, 0.25) is 0 Å². The van der Waals surface area contributed by atoms with Gasteiger partial charge in [-0.1, -0.05) is 70.4 Å². The van der Waals surface area contributed by atoms with Gasteiger partial charge in [-0.15, -0.1) is 0 Å². The molecule has 21 heavy (non-hydrogen) atoms. The van der Waals surface area contributed by atoms with Crippen LogP contribution < -0.4 is 11.3 Å². The summed E-state index contributed by atoms with van der Waals surface area (Å²) in [6.45, 7) is 2.21. The highest BCUT2D eigenvalue weighted by molar-refractivity contribution is 5.22. The minimum atomic E-state index is -0.816. The summed E-state index contributed by atoms with van der Waals surface area (Å²) in [5.74, 6) is 3.87. The van der Waals surface area contributed by atoms with Crippen molar-refractivity contribution in [1.29, 1.82) is 0 Å². The first-order valence-corrected chi connectivity index (χ1v) is 8.10. The second kappa shape index (κ2) is 10.7. The summed E-state index contributed by atoms with van der Waals surface area (Å²) in [6, 6.07) is 3.92. The summed E-state index contributed by atoms with van der Waals surface area (Å²) in [7, 11) is 0. The highest BCUT2D eigenvalue weighted by Crippen LogP contribution is 2.23. The lowest BCUT2D eigenvalue weighted by Crippen LogP contribution is -2.28. The quantitative estimate of drug-likeness (QED) is 0.343. The molecular weight excluding hydrogens is 270 g/mol. The SMILES string of the molecule is CCCCCCCCCCC(NN)c1cccc(F)c1F. The summed E-state index contributed by atoms with van der Waals surface area (Å²) in [6.07, 6.45) is 10.5. The average Bonchev–Trinajstić information content (AvgIpc) is 2.49. The maximum atomic E-state index is 13.7. The fourth-order valence-corrected chi connectivity index (χ4v) is 2.60. The van der Waals surface area contributed by atoms with E-state index in [2.05, 4.69) is 12.3 Å². The van der Waals surface area contributed by atoms with Crippen LogP contribution in [0.3, 0.4) is 0 Å². The molecular formula is C17H28F2N2. The Labute approximate surface area is 127 Å². The Bertz CT molecular complexity index is 396. The van der Waals surface area contributed by atoms with Gasteiger partial charge in [-0.05, 0) is 12.5 Å². The number of hydrogen-bond acceptors (Lipinski definition) is 2. The van der Waals surface area contributed by atoms with Crippen molar-refractivity contribution in [1.82, 2.24) is 5.43 Å². The normalized spacial score (nSPS) is 12.6. The van der Waals surface area contributed by atoms with Crippen LogP contribution in [-0.4, -0.2) is 0 Å². The van der Waals surface area contributed by atoms with E-state index in [-0.39, 0.29) is 6.04 Å². The first-order valence-electron chi connectivity index (χ1n) is 8.10. The largest absolute Gasteiger partial charge is 0.271 e. The zero-order valence-electron chi connectivity index (χ0n) is 13.0. The van der Waals surface area contributed by atoms with E-state index >= 15 is 0 Å². The van der Waals surface area contributed by atoms with Crippen molar-refractivity contribution in [2.75, 3.05) is 0 Å². The van der Waals surface area contributed by atoms with Crippen LogP contribution in [-0.2, 0) is 0 Å². The molecule has 1 aromatic rings. The second-order valence-electron chi connectivity index (χ2n) is 5.63. The number of nitrogens with one attached hydrogen (secondary N) is 1. The molecule has 1 rings (SSSR count). The third-order valence-electron chi connectivity index (χ3n) is 3.90. The highest BCUT2D eigenvalue weighted by Gasteiger charge is 2.16. The van der Waals surface area contributed by atoms with E-state index in [9.17, 15) is 8.78 Å². The molecule has 0 radical (unpaired) electrons. The van der Waals surface area contributed by atoms with Gasteiger partial charge in [-0.3, -0.25) is 11.3 Å². The average molecular weight is 298 g/mol. The van der Waals surface area contributed by atoms with Crippen LogP contribution in [0.5, 0.6) is 0 Å². The van der Waals surface area contributed by atoms with Gasteiger partial charge in [0, 0.05) is 11.6 Å².